The standard InChI is InChI=1S/C12H14N2O/c13-10-6-8-12(14,9-7-10)15-11-4-2-1-3-5-11/h1-8H,9,13-14H2. The van der Waals surface area contributed by atoms with Crippen molar-refractivity contribution in [3.8, 4) is 5.75 Å². The Morgan fingerprint density at radius 3 is 2.53 bits per heavy atom. The largest absolute Gasteiger partial charge is 0.469 e. The Balaban J connectivity index is 2.10. The first kappa shape index (κ1) is 9.80. The van der Waals surface area contributed by atoms with Crippen LogP contribution in [0, 0.1) is 0 Å². The second kappa shape index (κ2) is 3.79. The predicted octanol–water partition coefficient (Wildman–Crippen LogP) is 1.52. The van der Waals surface area contributed by atoms with E-state index in [0.29, 0.717) is 6.42 Å². The fourth-order valence-corrected chi connectivity index (χ4v) is 1.43. The van der Waals surface area contributed by atoms with E-state index in [-0.39, 0.29) is 0 Å². The number of hydrogen-bond donors (Lipinski definition) is 2. The van der Waals surface area contributed by atoms with Crippen LogP contribution in [0.15, 0.2) is 54.3 Å². The maximum Gasteiger partial charge on any atom is 0.181 e. The van der Waals surface area contributed by atoms with Crippen molar-refractivity contribution >= 4 is 0 Å². The summed E-state index contributed by atoms with van der Waals surface area (Å²) in [4.78, 5) is 0. The molecule has 1 aliphatic rings. The molecule has 4 N–H and O–H groups in total. The van der Waals surface area contributed by atoms with Crippen molar-refractivity contribution in [3.05, 3.63) is 54.3 Å². The van der Waals surface area contributed by atoms with Gasteiger partial charge in [-0.25, -0.2) is 0 Å². The maximum atomic E-state index is 6.04. The minimum absolute atomic E-state index is 0.588. The smallest absolute Gasteiger partial charge is 0.181 e. The minimum atomic E-state index is -0.774. The molecular formula is C12H14N2O. The highest BCUT2D eigenvalue weighted by Crippen LogP contribution is 2.21. The first-order valence-electron chi connectivity index (χ1n) is 4.86. The van der Waals surface area contributed by atoms with Crippen molar-refractivity contribution in [2.45, 2.75) is 12.1 Å². The lowest BCUT2D eigenvalue weighted by Crippen LogP contribution is -2.44. The zero-order valence-electron chi connectivity index (χ0n) is 8.39. The third-order valence-electron chi connectivity index (χ3n) is 2.27. The van der Waals surface area contributed by atoms with Crippen molar-refractivity contribution < 1.29 is 4.74 Å². The molecule has 0 aliphatic heterocycles. The number of hydrogen-bond acceptors (Lipinski definition) is 3. The van der Waals surface area contributed by atoms with Crippen molar-refractivity contribution in [2.24, 2.45) is 11.5 Å². The molecule has 0 aromatic heterocycles. The van der Waals surface area contributed by atoms with Crippen LogP contribution in [-0.2, 0) is 0 Å². The molecule has 78 valence electrons. The van der Waals surface area contributed by atoms with E-state index in [1.807, 2.05) is 36.4 Å². The SMILES string of the molecule is NC1=CCC(N)(Oc2ccccc2)C=C1. The summed E-state index contributed by atoms with van der Waals surface area (Å²) in [6.07, 6.45) is 6.01. The van der Waals surface area contributed by atoms with Gasteiger partial charge in [0, 0.05) is 12.1 Å². The fourth-order valence-electron chi connectivity index (χ4n) is 1.43. The summed E-state index contributed by atoms with van der Waals surface area (Å²) < 4.78 is 5.68. The predicted molar refractivity (Wildman–Crippen MR) is 60.0 cm³/mol. The van der Waals surface area contributed by atoms with Gasteiger partial charge in [0.1, 0.15) is 5.75 Å². The molecule has 0 saturated carbocycles. The molecule has 0 fully saturated rings. The average molecular weight is 202 g/mol. The molecule has 2 rings (SSSR count). The summed E-state index contributed by atoms with van der Waals surface area (Å²) in [7, 11) is 0. The van der Waals surface area contributed by atoms with Crippen LogP contribution in [0.3, 0.4) is 0 Å². The molecule has 0 saturated heterocycles. The Hall–Kier alpha value is -1.74. The zero-order valence-corrected chi connectivity index (χ0v) is 8.39. The van der Waals surface area contributed by atoms with Crippen LogP contribution in [0.2, 0.25) is 0 Å². The van der Waals surface area contributed by atoms with E-state index in [0.717, 1.165) is 11.4 Å². The summed E-state index contributed by atoms with van der Waals surface area (Å²) in [6.45, 7) is 0. The number of rotatable bonds is 2. The number of nitrogens with two attached hydrogens (primary N) is 2. The second-order valence-corrected chi connectivity index (χ2v) is 3.61. The van der Waals surface area contributed by atoms with Gasteiger partial charge in [-0.2, -0.15) is 0 Å². The average Bonchev–Trinajstić information content (AvgIpc) is 2.24. The third-order valence-corrected chi connectivity index (χ3v) is 2.27. The molecule has 1 aliphatic carbocycles. The summed E-state index contributed by atoms with van der Waals surface area (Å²) in [6, 6.07) is 9.52. The Labute approximate surface area is 89.0 Å². The minimum Gasteiger partial charge on any atom is -0.469 e. The fraction of sp³-hybridized carbons (Fsp3) is 0.167. The quantitative estimate of drug-likeness (QED) is 0.715. The number of allylic oxidation sites excluding steroid dienone is 1. The molecule has 0 amide bonds. The Morgan fingerprint density at radius 1 is 1.20 bits per heavy atom. The van der Waals surface area contributed by atoms with E-state index >= 15 is 0 Å². The highest BCUT2D eigenvalue weighted by Gasteiger charge is 2.24. The van der Waals surface area contributed by atoms with Gasteiger partial charge in [0.2, 0.25) is 0 Å². The van der Waals surface area contributed by atoms with Crippen LogP contribution in [-0.4, -0.2) is 5.72 Å². The molecule has 0 radical (unpaired) electrons. The molecule has 0 heterocycles. The van der Waals surface area contributed by atoms with Gasteiger partial charge in [-0.05, 0) is 24.3 Å². The summed E-state index contributed by atoms with van der Waals surface area (Å²) in [5.41, 5.74) is 11.6. The Kier molecular flexibility index (Phi) is 2.47. The molecule has 0 bridgehead atoms. The lowest BCUT2D eigenvalue weighted by Gasteiger charge is -2.28. The van der Waals surface area contributed by atoms with E-state index < -0.39 is 5.72 Å². The maximum absolute atomic E-state index is 6.04. The first-order valence-corrected chi connectivity index (χ1v) is 4.86. The van der Waals surface area contributed by atoms with Crippen molar-refractivity contribution in [3.63, 3.8) is 0 Å². The van der Waals surface area contributed by atoms with Crippen LogP contribution < -0.4 is 16.2 Å². The van der Waals surface area contributed by atoms with Gasteiger partial charge in [-0.15, -0.1) is 0 Å². The molecule has 3 nitrogen and oxygen atoms in total. The highest BCUT2D eigenvalue weighted by molar-refractivity contribution is 5.28. The van der Waals surface area contributed by atoms with E-state index in [4.69, 9.17) is 16.2 Å². The molecule has 1 atom stereocenters. The van der Waals surface area contributed by atoms with Crippen LogP contribution in [0.4, 0.5) is 0 Å². The topological polar surface area (TPSA) is 61.3 Å². The highest BCUT2D eigenvalue weighted by atomic mass is 16.5. The van der Waals surface area contributed by atoms with Crippen LogP contribution >= 0.6 is 0 Å². The van der Waals surface area contributed by atoms with Gasteiger partial charge in [0.25, 0.3) is 0 Å². The lowest BCUT2D eigenvalue weighted by molar-refractivity contribution is 0.129. The van der Waals surface area contributed by atoms with Gasteiger partial charge in [0.15, 0.2) is 5.72 Å². The molecule has 0 spiro atoms. The van der Waals surface area contributed by atoms with Gasteiger partial charge in [-0.3, -0.25) is 5.73 Å². The monoisotopic (exact) mass is 202 g/mol. The van der Waals surface area contributed by atoms with Crippen molar-refractivity contribution in [1.29, 1.82) is 0 Å². The van der Waals surface area contributed by atoms with E-state index in [1.54, 1.807) is 12.2 Å². The van der Waals surface area contributed by atoms with Gasteiger partial charge >= 0.3 is 0 Å². The molecule has 1 unspecified atom stereocenters. The Morgan fingerprint density at radius 2 is 1.93 bits per heavy atom. The number of para-hydroxylation sites is 1. The van der Waals surface area contributed by atoms with Gasteiger partial charge < -0.3 is 10.5 Å². The normalized spacial score (nSPS) is 24.7. The number of benzene rings is 1. The van der Waals surface area contributed by atoms with Crippen LogP contribution in [0.5, 0.6) is 5.75 Å². The van der Waals surface area contributed by atoms with Crippen molar-refractivity contribution in [2.75, 3.05) is 0 Å². The summed E-state index contributed by atoms with van der Waals surface area (Å²) in [5, 5.41) is 0. The summed E-state index contributed by atoms with van der Waals surface area (Å²) in [5.74, 6) is 0.763. The van der Waals surface area contributed by atoms with Crippen LogP contribution in [0.1, 0.15) is 6.42 Å². The van der Waals surface area contributed by atoms with Crippen molar-refractivity contribution in [1.82, 2.24) is 0 Å². The lowest BCUT2D eigenvalue weighted by atomic mass is 10.0. The molecule has 1 aromatic carbocycles. The molecule has 15 heavy (non-hydrogen) atoms. The van der Waals surface area contributed by atoms with Crippen LogP contribution in [0.25, 0.3) is 0 Å². The van der Waals surface area contributed by atoms with Gasteiger partial charge in [0.05, 0.1) is 0 Å². The van der Waals surface area contributed by atoms with E-state index in [2.05, 4.69) is 0 Å². The molecular weight excluding hydrogens is 188 g/mol. The van der Waals surface area contributed by atoms with E-state index in [9.17, 15) is 0 Å². The molecule has 3 heteroatoms. The third kappa shape index (κ3) is 2.39. The summed E-state index contributed by atoms with van der Waals surface area (Å²) >= 11 is 0. The number of ether oxygens (including phenoxy) is 1. The van der Waals surface area contributed by atoms with Gasteiger partial charge in [-0.1, -0.05) is 24.3 Å². The second-order valence-electron chi connectivity index (χ2n) is 3.61. The zero-order chi connectivity index (χ0) is 10.7. The first-order chi connectivity index (χ1) is 7.18. The molecule has 1 aromatic rings. The van der Waals surface area contributed by atoms with E-state index in [1.165, 1.54) is 0 Å². The Bertz CT molecular complexity index is 397.